The van der Waals surface area contributed by atoms with Gasteiger partial charge in [-0.15, -0.1) is 0 Å². The van der Waals surface area contributed by atoms with Crippen LogP contribution in [0.4, 0.5) is 15.8 Å². The molecule has 8 heteroatoms. The second-order valence-electron chi connectivity index (χ2n) is 5.73. The van der Waals surface area contributed by atoms with Gasteiger partial charge < -0.3 is 10.6 Å². The van der Waals surface area contributed by atoms with Crippen LogP contribution in [0.15, 0.2) is 60.7 Å². The lowest BCUT2D eigenvalue weighted by Gasteiger charge is -2.13. The van der Waals surface area contributed by atoms with Crippen LogP contribution in [0.1, 0.15) is 20.7 Å². The molecule has 0 aliphatic carbocycles. The zero-order valence-corrected chi connectivity index (χ0v) is 16.4. The van der Waals surface area contributed by atoms with Crippen LogP contribution < -0.4 is 10.6 Å². The Kier molecular flexibility index (Phi) is 6.19. The van der Waals surface area contributed by atoms with Crippen LogP contribution in [0.25, 0.3) is 0 Å². The van der Waals surface area contributed by atoms with Crippen LogP contribution in [0, 0.1) is 5.82 Å². The average Bonchev–Trinajstić information content (AvgIpc) is 2.65. The Balaban J connectivity index is 1.86. The zero-order valence-electron chi connectivity index (χ0n) is 14.1. The van der Waals surface area contributed by atoms with Crippen LogP contribution in [-0.4, -0.2) is 11.8 Å². The zero-order chi connectivity index (χ0) is 20.3. The van der Waals surface area contributed by atoms with Crippen molar-refractivity contribution in [3.8, 4) is 0 Å². The van der Waals surface area contributed by atoms with Crippen molar-refractivity contribution >= 4 is 58.0 Å². The monoisotopic (exact) mass is 436 g/mol. The number of nitrogens with one attached hydrogen (secondary N) is 2. The number of anilines is 2. The second kappa shape index (κ2) is 8.61. The van der Waals surface area contributed by atoms with Crippen molar-refractivity contribution in [2.75, 3.05) is 10.6 Å². The first kappa shape index (κ1) is 20.1. The summed E-state index contributed by atoms with van der Waals surface area (Å²) >= 11 is 17.9. The smallest absolute Gasteiger partial charge is 0.257 e. The summed E-state index contributed by atoms with van der Waals surface area (Å²) in [6.45, 7) is 0. The van der Waals surface area contributed by atoms with Crippen molar-refractivity contribution in [1.29, 1.82) is 0 Å². The Labute approximate surface area is 175 Å². The molecule has 28 heavy (non-hydrogen) atoms. The molecule has 0 spiro atoms. The molecular weight excluding hydrogens is 426 g/mol. The molecular formula is C20H12Cl3FN2O2. The lowest BCUT2D eigenvalue weighted by atomic mass is 10.1. The van der Waals surface area contributed by atoms with Crippen LogP contribution in [0.2, 0.25) is 15.1 Å². The van der Waals surface area contributed by atoms with Crippen molar-refractivity contribution in [2.24, 2.45) is 0 Å². The molecule has 2 amide bonds. The van der Waals surface area contributed by atoms with Gasteiger partial charge in [-0.25, -0.2) is 4.39 Å². The van der Waals surface area contributed by atoms with Crippen molar-refractivity contribution in [3.05, 3.63) is 92.7 Å². The van der Waals surface area contributed by atoms with Gasteiger partial charge in [0.1, 0.15) is 5.82 Å². The van der Waals surface area contributed by atoms with Crippen LogP contribution in [0.5, 0.6) is 0 Å². The molecule has 0 aliphatic rings. The first-order chi connectivity index (χ1) is 13.3. The molecule has 3 rings (SSSR count). The number of carbonyl (C=O) groups is 2. The molecule has 0 saturated carbocycles. The fourth-order valence-corrected chi connectivity index (χ4v) is 3.07. The normalized spacial score (nSPS) is 10.4. The Hall–Kier alpha value is -2.60. The summed E-state index contributed by atoms with van der Waals surface area (Å²) in [6.07, 6.45) is 0. The molecule has 0 atom stereocenters. The van der Waals surface area contributed by atoms with Gasteiger partial charge in [-0.05, 0) is 60.7 Å². The molecule has 2 N–H and O–H groups in total. The highest BCUT2D eigenvalue weighted by Gasteiger charge is 2.17. The predicted molar refractivity (Wildman–Crippen MR) is 110 cm³/mol. The summed E-state index contributed by atoms with van der Waals surface area (Å²) in [5, 5.41) is 6.15. The van der Waals surface area contributed by atoms with E-state index in [1.165, 1.54) is 60.7 Å². The van der Waals surface area contributed by atoms with E-state index in [-0.39, 0.29) is 21.8 Å². The minimum absolute atomic E-state index is 0.135. The summed E-state index contributed by atoms with van der Waals surface area (Å²) in [5.74, 6) is -1.46. The second-order valence-corrected chi connectivity index (χ2v) is 7.01. The molecule has 4 nitrogen and oxygen atoms in total. The molecule has 0 unspecified atom stereocenters. The Morgan fingerprint density at radius 3 is 2.00 bits per heavy atom. The molecule has 0 aromatic heterocycles. The van der Waals surface area contributed by atoms with Gasteiger partial charge in [-0.2, -0.15) is 0 Å². The lowest BCUT2D eigenvalue weighted by Crippen LogP contribution is -2.18. The van der Waals surface area contributed by atoms with Crippen LogP contribution in [0.3, 0.4) is 0 Å². The largest absolute Gasteiger partial charge is 0.322 e. The van der Waals surface area contributed by atoms with E-state index in [1.807, 2.05) is 0 Å². The van der Waals surface area contributed by atoms with E-state index in [0.29, 0.717) is 15.7 Å². The quantitative estimate of drug-likeness (QED) is 0.504. The summed E-state index contributed by atoms with van der Waals surface area (Å²) in [5.41, 5.74) is 0.964. The highest BCUT2D eigenvalue weighted by Crippen LogP contribution is 2.25. The summed E-state index contributed by atoms with van der Waals surface area (Å²) in [4.78, 5) is 25.2. The Morgan fingerprint density at radius 2 is 1.32 bits per heavy atom. The van der Waals surface area contributed by atoms with Gasteiger partial charge >= 0.3 is 0 Å². The minimum atomic E-state index is -0.522. The van der Waals surface area contributed by atoms with Gasteiger partial charge in [0.25, 0.3) is 11.8 Å². The fraction of sp³-hybridized carbons (Fsp3) is 0. The van der Waals surface area contributed by atoms with E-state index in [4.69, 9.17) is 34.8 Å². The summed E-state index contributed by atoms with van der Waals surface area (Å²) < 4.78 is 13.0. The van der Waals surface area contributed by atoms with Crippen molar-refractivity contribution in [2.45, 2.75) is 0 Å². The lowest BCUT2D eigenvalue weighted by molar-refractivity contribution is 0.102. The highest BCUT2D eigenvalue weighted by atomic mass is 35.5. The first-order valence-electron chi connectivity index (χ1n) is 7.96. The van der Waals surface area contributed by atoms with Gasteiger partial charge in [0, 0.05) is 15.7 Å². The molecule has 0 radical (unpaired) electrons. The maximum absolute atomic E-state index is 13.0. The van der Waals surface area contributed by atoms with Gasteiger partial charge in [-0.3, -0.25) is 9.59 Å². The third-order valence-corrected chi connectivity index (χ3v) is 4.54. The Morgan fingerprint density at radius 1 is 0.714 bits per heavy atom. The number of amides is 2. The van der Waals surface area contributed by atoms with E-state index < -0.39 is 17.6 Å². The Bertz CT molecular complexity index is 1060. The van der Waals surface area contributed by atoms with E-state index in [1.54, 1.807) is 0 Å². The molecule has 3 aromatic carbocycles. The number of carbonyl (C=O) groups excluding carboxylic acids is 2. The van der Waals surface area contributed by atoms with E-state index in [2.05, 4.69) is 10.6 Å². The summed E-state index contributed by atoms with van der Waals surface area (Å²) in [6, 6.07) is 14.2. The van der Waals surface area contributed by atoms with E-state index in [0.717, 1.165) is 0 Å². The number of hydrogen-bond donors (Lipinski definition) is 2. The topological polar surface area (TPSA) is 58.2 Å². The molecule has 3 aromatic rings. The standard InChI is InChI=1S/C20H12Cl3FN2O2/c21-11-2-8-18(26-19(27)15-7-1-12(22)10-17(15)23)16(9-11)20(28)25-14-5-3-13(24)4-6-14/h1-10H,(H,25,28)(H,26,27). The average molecular weight is 438 g/mol. The summed E-state index contributed by atoms with van der Waals surface area (Å²) in [7, 11) is 0. The molecule has 0 saturated heterocycles. The third-order valence-electron chi connectivity index (χ3n) is 3.75. The van der Waals surface area contributed by atoms with E-state index >= 15 is 0 Å². The van der Waals surface area contributed by atoms with Gasteiger partial charge in [-0.1, -0.05) is 34.8 Å². The number of benzene rings is 3. The SMILES string of the molecule is O=C(Nc1ccc(Cl)cc1C(=O)Nc1ccc(F)cc1)c1ccc(Cl)cc1Cl. The maximum atomic E-state index is 13.0. The van der Waals surface area contributed by atoms with Gasteiger partial charge in [0.05, 0.1) is 21.8 Å². The first-order valence-corrected chi connectivity index (χ1v) is 9.10. The minimum Gasteiger partial charge on any atom is -0.322 e. The van der Waals surface area contributed by atoms with E-state index in [9.17, 15) is 14.0 Å². The maximum Gasteiger partial charge on any atom is 0.257 e. The molecule has 0 aliphatic heterocycles. The van der Waals surface area contributed by atoms with Crippen molar-refractivity contribution in [3.63, 3.8) is 0 Å². The van der Waals surface area contributed by atoms with Crippen LogP contribution in [-0.2, 0) is 0 Å². The fourth-order valence-electron chi connectivity index (χ4n) is 2.41. The molecule has 0 bridgehead atoms. The molecule has 142 valence electrons. The molecule has 0 heterocycles. The van der Waals surface area contributed by atoms with Gasteiger partial charge in [0.2, 0.25) is 0 Å². The van der Waals surface area contributed by atoms with Crippen LogP contribution >= 0.6 is 34.8 Å². The third kappa shape index (κ3) is 4.81. The molecule has 0 fully saturated rings. The predicted octanol–water partition coefficient (Wildman–Crippen LogP) is 6.29. The highest BCUT2D eigenvalue weighted by molar-refractivity contribution is 6.37. The van der Waals surface area contributed by atoms with Crippen molar-refractivity contribution < 1.29 is 14.0 Å². The number of rotatable bonds is 4. The van der Waals surface area contributed by atoms with Crippen molar-refractivity contribution in [1.82, 2.24) is 0 Å². The van der Waals surface area contributed by atoms with Gasteiger partial charge in [0.15, 0.2) is 0 Å². The number of hydrogen-bond acceptors (Lipinski definition) is 2. The number of halogens is 4.